The van der Waals surface area contributed by atoms with E-state index in [1.54, 1.807) is 27.0 Å². The summed E-state index contributed by atoms with van der Waals surface area (Å²) in [5.41, 5.74) is 3.31. The van der Waals surface area contributed by atoms with Crippen molar-refractivity contribution in [1.82, 2.24) is 9.29 Å². The zero-order valence-electron chi connectivity index (χ0n) is 18.3. The van der Waals surface area contributed by atoms with E-state index in [4.69, 9.17) is 4.74 Å². The number of carbonyl (C=O) groups excluding carboxylic acids is 1. The summed E-state index contributed by atoms with van der Waals surface area (Å²) in [5.74, 6) is 0.344. The smallest absolute Gasteiger partial charge is 0.257 e. The molecule has 1 aromatic heterocycles. The minimum atomic E-state index is -3.67. The molecule has 2 aromatic carbocycles. The number of thiazole rings is 1. The van der Waals surface area contributed by atoms with Crippen molar-refractivity contribution < 1.29 is 17.9 Å². The lowest BCUT2D eigenvalue weighted by molar-refractivity contribution is 0.102. The van der Waals surface area contributed by atoms with E-state index in [9.17, 15) is 13.2 Å². The first-order chi connectivity index (χ1) is 14.5. The van der Waals surface area contributed by atoms with E-state index >= 15 is 0 Å². The van der Waals surface area contributed by atoms with Gasteiger partial charge in [-0.2, -0.15) is 0 Å². The molecule has 3 aromatic rings. The van der Waals surface area contributed by atoms with Gasteiger partial charge in [-0.05, 0) is 68.3 Å². The van der Waals surface area contributed by atoms with Gasteiger partial charge in [0.2, 0.25) is 10.0 Å². The number of nitrogens with one attached hydrogen (secondary N) is 1. The molecule has 0 saturated heterocycles. The molecule has 0 spiro atoms. The molecule has 0 unspecified atom stereocenters. The number of aryl methyl sites for hydroxylation is 2. The van der Waals surface area contributed by atoms with Crippen LogP contribution in [0.4, 0.5) is 5.13 Å². The highest BCUT2D eigenvalue weighted by molar-refractivity contribution is 7.89. The number of aromatic nitrogens is 1. The molecule has 31 heavy (non-hydrogen) atoms. The van der Waals surface area contributed by atoms with Crippen LogP contribution in [0.5, 0.6) is 5.75 Å². The zero-order valence-corrected chi connectivity index (χ0v) is 19.9. The van der Waals surface area contributed by atoms with Gasteiger partial charge in [-0.25, -0.2) is 17.7 Å². The molecule has 0 aliphatic heterocycles. The van der Waals surface area contributed by atoms with Crippen molar-refractivity contribution in [2.24, 2.45) is 0 Å². The molecular weight excluding hydrogens is 434 g/mol. The van der Waals surface area contributed by atoms with Crippen LogP contribution in [0.25, 0.3) is 11.3 Å². The van der Waals surface area contributed by atoms with Crippen LogP contribution >= 0.6 is 11.3 Å². The number of hydrogen-bond acceptors (Lipinski definition) is 6. The van der Waals surface area contributed by atoms with Crippen molar-refractivity contribution in [3.05, 3.63) is 58.0 Å². The second kappa shape index (κ2) is 8.78. The van der Waals surface area contributed by atoms with E-state index in [0.717, 1.165) is 31.8 Å². The largest absolute Gasteiger partial charge is 0.497 e. The third-order valence-corrected chi connectivity index (χ3v) is 7.85. The van der Waals surface area contributed by atoms with Crippen LogP contribution in [-0.2, 0) is 10.0 Å². The van der Waals surface area contributed by atoms with Crippen molar-refractivity contribution in [3.8, 4) is 17.0 Å². The predicted octanol–water partition coefficient (Wildman–Crippen LogP) is 4.25. The van der Waals surface area contributed by atoms with Gasteiger partial charge >= 0.3 is 0 Å². The van der Waals surface area contributed by atoms with Crippen molar-refractivity contribution in [3.63, 3.8) is 0 Å². The standard InChI is InChI=1S/C22H25N3O4S2/c1-13-11-17(12-19(14(13)2)31(27,28)25(4)5)21(26)24-22-23-20(15(3)30-22)16-7-9-18(29-6)10-8-16/h7-12H,1-6H3,(H,23,24,26). The molecule has 9 heteroatoms. The summed E-state index contributed by atoms with van der Waals surface area (Å²) in [6, 6.07) is 10.6. The van der Waals surface area contributed by atoms with E-state index in [0.29, 0.717) is 10.7 Å². The average Bonchev–Trinajstić information content (AvgIpc) is 3.09. The second-order valence-electron chi connectivity index (χ2n) is 7.31. The van der Waals surface area contributed by atoms with Gasteiger partial charge in [0.25, 0.3) is 5.91 Å². The Hall–Kier alpha value is -2.75. The van der Waals surface area contributed by atoms with Crippen LogP contribution in [0.2, 0.25) is 0 Å². The number of ether oxygens (including phenoxy) is 1. The minimum absolute atomic E-state index is 0.122. The first kappa shape index (κ1) is 22.9. The Morgan fingerprint density at radius 1 is 1.10 bits per heavy atom. The highest BCUT2D eigenvalue weighted by atomic mass is 32.2. The van der Waals surface area contributed by atoms with Gasteiger partial charge in [-0.15, -0.1) is 11.3 Å². The number of carbonyl (C=O) groups is 1. The molecule has 0 saturated carbocycles. The Bertz CT molecular complexity index is 1230. The molecule has 164 valence electrons. The van der Waals surface area contributed by atoms with Gasteiger partial charge in [0, 0.05) is 30.1 Å². The molecular formula is C22H25N3O4S2. The Kier molecular flexibility index (Phi) is 6.49. The van der Waals surface area contributed by atoms with E-state index in [-0.39, 0.29) is 10.5 Å². The number of nitrogens with zero attached hydrogens (tertiary/aromatic N) is 2. The number of hydrogen-bond donors (Lipinski definition) is 1. The van der Waals surface area contributed by atoms with Crippen LogP contribution < -0.4 is 10.1 Å². The summed E-state index contributed by atoms with van der Waals surface area (Å²) in [6.07, 6.45) is 0. The van der Waals surface area contributed by atoms with Crippen molar-refractivity contribution >= 4 is 32.4 Å². The lowest BCUT2D eigenvalue weighted by atomic mass is 10.1. The molecule has 0 aliphatic carbocycles. The first-order valence-corrected chi connectivity index (χ1v) is 11.8. The number of sulfonamides is 1. The molecule has 0 bridgehead atoms. The van der Waals surface area contributed by atoms with E-state index in [2.05, 4.69) is 10.3 Å². The lowest BCUT2D eigenvalue weighted by Crippen LogP contribution is -2.24. The van der Waals surface area contributed by atoms with Gasteiger partial charge in [-0.1, -0.05) is 0 Å². The summed E-state index contributed by atoms with van der Waals surface area (Å²) in [6.45, 7) is 5.46. The number of methoxy groups -OCH3 is 1. The summed E-state index contributed by atoms with van der Waals surface area (Å²) in [5, 5.41) is 3.25. The van der Waals surface area contributed by atoms with Gasteiger partial charge in [0.15, 0.2) is 5.13 Å². The van der Waals surface area contributed by atoms with E-state index < -0.39 is 15.9 Å². The molecule has 0 aliphatic rings. The van der Waals surface area contributed by atoms with E-state index in [1.165, 1.54) is 31.5 Å². The normalized spacial score (nSPS) is 11.6. The maximum atomic E-state index is 12.9. The quantitative estimate of drug-likeness (QED) is 0.595. The topological polar surface area (TPSA) is 88.6 Å². The molecule has 0 fully saturated rings. The SMILES string of the molecule is COc1ccc(-c2nc(NC(=O)c3cc(C)c(C)c(S(=O)(=O)N(C)C)c3)sc2C)cc1. The monoisotopic (exact) mass is 459 g/mol. The fourth-order valence-electron chi connectivity index (χ4n) is 3.06. The average molecular weight is 460 g/mol. The minimum Gasteiger partial charge on any atom is -0.497 e. The van der Waals surface area contributed by atoms with Crippen molar-refractivity contribution in [2.75, 3.05) is 26.5 Å². The van der Waals surface area contributed by atoms with Gasteiger partial charge < -0.3 is 4.74 Å². The summed E-state index contributed by atoms with van der Waals surface area (Å²) in [4.78, 5) is 18.5. The van der Waals surface area contributed by atoms with Gasteiger partial charge in [0.1, 0.15) is 5.75 Å². The predicted molar refractivity (Wildman–Crippen MR) is 124 cm³/mol. The van der Waals surface area contributed by atoms with Gasteiger partial charge in [-0.3, -0.25) is 10.1 Å². The van der Waals surface area contributed by atoms with Crippen molar-refractivity contribution in [1.29, 1.82) is 0 Å². The first-order valence-electron chi connectivity index (χ1n) is 9.51. The molecule has 0 atom stereocenters. The molecule has 7 nitrogen and oxygen atoms in total. The fraction of sp³-hybridized carbons (Fsp3) is 0.273. The molecule has 1 amide bonds. The Morgan fingerprint density at radius 3 is 2.32 bits per heavy atom. The number of benzene rings is 2. The maximum absolute atomic E-state index is 12.9. The second-order valence-corrected chi connectivity index (χ2v) is 10.6. The maximum Gasteiger partial charge on any atom is 0.257 e. The third kappa shape index (κ3) is 4.63. The van der Waals surface area contributed by atoms with Crippen LogP contribution in [0, 0.1) is 20.8 Å². The van der Waals surface area contributed by atoms with Gasteiger partial charge in [0.05, 0.1) is 17.7 Å². The Balaban J connectivity index is 1.91. The molecule has 3 rings (SSSR count). The zero-order chi connectivity index (χ0) is 22.9. The summed E-state index contributed by atoms with van der Waals surface area (Å²) < 4.78 is 31.7. The molecule has 1 heterocycles. The fourth-order valence-corrected chi connectivity index (χ4v) is 5.11. The van der Waals surface area contributed by atoms with Crippen LogP contribution in [-0.4, -0.2) is 44.8 Å². The highest BCUT2D eigenvalue weighted by Gasteiger charge is 2.23. The summed E-state index contributed by atoms with van der Waals surface area (Å²) >= 11 is 1.36. The molecule has 0 radical (unpaired) electrons. The van der Waals surface area contributed by atoms with Crippen molar-refractivity contribution in [2.45, 2.75) is 25.7 Å². The summed E-state index contributed by atoms with van der Waals surface area (Å²) in [7, 11) is 0.873. The van der Waals surface area contributed by atoms with Crippen LogP contribution in [0.15, 0.2) is 41.3 Å². The molecule has 1 N–H and O–H groups in total. The Labute approximate surface area is 186 Å². The number of amides is 1. The van der Waals surface area contributed by atoms with Crippen LogP contribution in [0.3, 0.4) is 0 Å². The number of rotatable bonds is 6. The Morgan fingerprint density at radius 2 is 1.74 bits per heavy atom. The third-order valence-electron chi connectivity index (χ3n) is 5.02. The number of anilines is 1. The van der Waals surface area contributed by atoms with Crippen LogP contribution in [0.1, 0.15) is 26.4 Å². The lowest BCUT2D eigenvalue weighted by Gasteiger charge is -2.16. The highest BCUT2D eigenvalue weighted by Crippen LogP contribution is 2.32. The van der Waals surface area contributed by atoms with E-state index in [1.807, 2.05) is 31.2 Å².